The van der Waals surface area contributed by atoms with Crippen LogP contribution in [0, 0.1) is 16.6 Å². The van der Waals surface area contributed by atoms with Gasteiger partial charge in [-0.3, -0.25) is 4.79 Å². The molecule has 3 aliphatic carbocycles. The van der Waals surface area contributed by atoms with Crippen LogP contribution in [0.1, 0.15) is 62.1 Å². The molecule has 3 fully saturated rings. The number of carbonyl (C=O) groups is 1. The van der Waals surface area contributed by atoms with Crippen LogP contribution in [-0.4, -0.2) is 32.9 Å². The van der Waals surface area contributed by atoms with E-state index in [9.17, 15) is 9.90 Å². The quantitative estimate of drug-likeness (QED) is 0.464. The van der Waals surface area contributed by atoms with Crippen molar-refractivity contribution < 1.29 is 18.7 Å². The minimum Gasteiger partial charge on any atom is -0.505 e. The summed E-state index contributed by atoms with van der Waals surface area (Å²) in [5, 5.41) is 21.4. The minimum absolute atomic E-state index is 0.0178. The van der Waals surface area contributed by atoms with E-state index >= 15 is 8.78 Å². The molecule has 5 rings (SSSR count). The molecule has 2 bridgehead atoms. The molecule has 0 spiro atoms. The summed E-state index contributed by atoms with van der Waals surface area (Å²) >= 11 is 12.8. The average Bonchev–Trinajstić information content (AvgIpc) is 3.30. The topological polar surface area (TPSA) is 101 Å². The maximum atomic E-state index is 15.5. The number of fused-ring (bicyclic) bond motifs is 2. The lowest BCUT2D eigenvalue weighted by molar-refractivity contribution is -0.140. The second-order valence-electron chi connectivity index (χ2n) is 10.3. The van der Waals surface area contributed by atoms with Crippen LogP contribution in [0.2, 0.25) is 10.0 Å². The zero-order valence-electron chi connectivity index (χ0n) is 18.5. The summed E-state index contributed by atoms with van der Waals surface area (Å²) in [5.41, 5.74) is 3.54. The number of nitrogens with one attached hydrogen (secondary N) is 1. The first-order valence-corrected chi connectivity index (χ1v) is 12.2. The molecule has 1 atom stereocenters. The van der Waals surface area contributed by atoms with Crippen LogP contribution in [0.5, 0.6) is 5.75 Å². The van der Waals surface area contributed by atoms with Gasteiger partial charge in [-0.25, -0.2) is 8.78 Å². The zero-order chi connectivity index (χ0) is 24.3. The summed E-state index contributed by atoms with van der Waals surface area (Å²) in [4.78, 5) is 13.1. The average molecular weight is 511 g/mol. The van der Waals surface area contributed by atoms with E-state index in [-0.39, 0.29) is 28.1 Å². The fraction of sp³-hybridized carbons (Fsp3) is 0.542. The predicted molar refractivity (Wildman–Crippen MR) is 124 cm³/mol. The van der Waals surface area contributed by atoms with Gasteiger partial charge in [-0.1, -0.05) is 23.2 Å². The number of benzene rings is 1. The molecule has 182 valence electrons. The van der Waals surface area contributed by atoms with E-state index < -0.39 is 39.9 Å². The van der Waals surface area contributed by atoms with Gasteiger partial charge < -0.3 is 16.2 Å². The number of alkyl halides is 1. The van der Waals surface area contributed by atoms with E-state index in [1.807, 2.05) is 6.07 Å². The minimum atomic E-state index is -1.34. The molecule has 2 aromatic rings. The van der Waals surface area contributed by atoms with Crippen molar-refractivity contribution in [3.8, 4) is 5.75 Å². The maximum Gasteiger partial charge on any atom is 0.224 e. The zero-order valence-corrected chi connectivity index (χ0v) is 20.0. The number of carbonyl (C=O) groups excluding carboxylic acids is 1. The molecule has 10 heteroatoms. The van der Waals surface area contributed by atoms with Gasteiger partial charge in [0.25, 0.3) is 0 Å². The Morgan fingerprint density at radius 2 is 2.00 bits per heavy atom. The van der Waals surface area contributed by atoms with Gasteiger partial charge in [0.2, 0.25) is 5.91 Å². The first-order valence-electron chi connectivity index (χ1n) is 11.4. The predicted octanol–water partition coefficient (Wildman–Crippen LogP) is 4.81. The number of aromatic hydroxyl groups is 1. The Morgan fingerprint density at radius 1 is 1.29 bits per heavy atom. The third kappa shape index (κ3) is 3.65. The van der Waals surface area contributed by atoms with Gasteiger partial charge in [-0.05, 0) is 62.5 Å². The molecule has 1 aromatic carbocycles. The molecule has 4 N–H and O–H groups in total. The molecule has 1 amide bonds. The van der Waals surface area contributed by atoms with Crippen LogP contribution >= 0.6 is 23.2 Å². The number of phenolic OH excluding ortho intramolecular Hbond substituents is 1. The SMILES string of the molecule is NC(=O)C1([C@@H](c2c(F)c(O)cc(Cl)c2Cl)C23CCC(F)(CC2)C3)CC(NCc2cccnn2)C1. The number of nitrogens with zero attached hydrogens (tertiary/aromatic N) is 2. The summed E-state index contributed by atoms with van der Waals surface area (Å²) in [7, 11) is 0. The van der Waals surface area contributed by atoms with E-state index in [2.05, 4.69) is 15.5 Å². The summed E-state index contributed by atoms with van der Waals surface area (Å²) in [6.07, 6.45) is 4.13. The van der Waals surface area contributed by atoms with Gasteiger partial charge in [0.05, 0.1) is 21.2 Å². The number of primary amides is 1. The van der Waals surface area contributed by atoms with Gasteiger partial charge >= 0.3 is 0 Å². The summed E-state index contributed by atoms with van der Waals surface area (Å²) in [6.45, 7) is 0.448. The fourth-order valence-electron chi connectivity index (χ4n) is 6.82. The number of phenols is 1. The molecule has 3 saturated carbocycles. The van der Waals surface area contributed by atoms with Crippen molar-refractivity contribution >= 4 is 29.1 Å². The van der Waals surface area contributed by atoms with E-state index in [1.165, 1.54) is 0 Å². The Hall–Kier alpha value is -2.03. The second-order valence-corrected chi connectivity index (χ2v) is 11.0. The van der Waals surface area contributed by atoms with Crippen LogP contribution in [-0.2, 0) is 11.3 Å². The van der Waals surface area contributed by atoms with Crippen LogP contribution in [0.4, 0.5) is 8.78 Å². The second kappa shape index (κ2) is 8.28. The van der Waals surface area contributed by atoms with Gasteiger partial charge in [0.1, 0.15) is 5.67 Å². The van der Waals surface area contributed by atoms with Crippen LogP contribution in [0.25, 0.3) is 0 Å². The molecule has 3 aliphatic rings. The van der Waals surface area contributed by atoms with E-state index in [1.54, 1.807) is 12.3 Å². The smallest absolute Gasteiger partial charge is 0.224 e. The van der Waals surface area contributed by atoms with E-state index in [0.29, 0.717) is 45.1 Å². The maximum absolute atomic E-state index is 15.5. The Kier molecular flexibility index (Phi) is 5.77. The van der Waals surface area contributed by atoms with E-state index in [4.69, 9.17) is 28.9 Å². The van der Waals surface area contributed by atoms with Crippen molar-refractivity contribution in [3.63, 3.8) is 0 Å². The van der Waals surface area contributed by atoms with Crippen LogP contribution in [0.15, 0.2) is 24.4 Å². The first-order chi connectivity index (χ1) is 16.1. The lowest BCUT2D eigenvalue weighted by Gasteiger charge is -2.55. The van der Waals surface area contributed by atoms with Crippen LogP contribution < -0.4 is 11.1 Å². The Morgan fingerprint density at radius 3 is 2.56 bits per heavy atom. The van der Waals surface area contributed by atoms with Crippen molar-refractivity contribution in [2.45, 2.75) is 69.1 Å². The molecule has 34 heavy (non-hydrogen) atoms. The number of hydrogen-bond acceptors (Lipinski definition) is 5. The first kappa shape index (κ1) is 23.7. The van der Waals surface area contributed by atoms with Crippen molar-refractivity contribution in [2.75, 3.05) is 0 Å². The molecule has 0 aliphatic heterocycles. The number of rotatable bonds is 7. The van der Waals surface area contributed by atoms with Gasteiger partial charge in [-0.15, -0.1) is 0 Å². The molecule has 0 radical (unpaired) electrons. The van der Waals surface area contributed by atoms with Crippen molar-refractivity contribution in [1.82, 2.24) is 15.5 Å². The van der Waals surface area contributed by atoms with Crippen molar-refractivity contribution in [2.24, 2.45) is 16.6 Å². The number of aromatic nitrogens is 2. The lowest BCUT2D eigenvalue weighted by Crippen LogP contribution is -2.60. The Labute approximate surface area is 206 Å². The molecule has 6 nitrogen and oxygen atoms in total. The van der Waals surface area contributed by atoms with Gasteiger partial charge in [0.15, 0.2) is 11.6 Å². The Bertz CT molecular complexity index is 1090. The largest absolute Gasteiger partial charge is 0.505 e. The monoisotopic (exact) mass is 510 g/mol. The molecular weight excluding hydrogens is 485 g/mol. The molecule has 0 unspecified atom stereocenters. The van der Waals surface area contributed by atoms with Gasteiger partial charge in [0, 0.05) is 36.3 Å². The summed E-state index contributed by atoms with van der Waals surface area (Å²) in [6, 6.07) is 4.58. The van der Waals surface area contributed by atoms with Gasteiger partial charge in [-0.2, -0.15) is 10.2 Å². The number of hydrogen-bond donors (Lipinski definition) is 3. The van der Waals surface area contributed by atoms with Crippen molar-refractivity contribution in [1.29, 1.82) is 0 Å². The highest BCUT2D eigenvalue weighted by Gasteiger charge is 2.67. The summed E-state index contributed by atoms with van der Waals surface area (Å²) < 4.78 is 30.8. The molecule has 1 heterocycles. The lowest BCUT2D eigenvalue weighted by atomic mass is 9.49. The third-order valence-corrected chi connectivity index (χ3v) is 9.15. The van der Waals surface area contributed by atoms with Crippen molar-refractivity contribution in [3.05, 3.63) is 51.5 Å². The normalized spacial score (nSPS) is 33.0. The number of amides is 1. The fourth-order valence-corrected chi connectivity index (χ4v) is 7.27. The number of nitrogens with two attached hydrogens (primary N) is 1. The molecule has 0 saturated heterocycles. The number of halogens is 4. The Balaban J connectivity index is 1.54. The van der Waals surface area contributed by atoms with Crippen LogP contribution in [0.3, 0.4) is 0 Å². The standard InChI is InChI=1S/C24H26Cl2F2N4O2/c25-15-8-16(33)19(27)17(18(15)26)20(22-3-5-23(28,12-22)6-4-22)24(21(29)34)9-14(10-24)30-11-13-2-1-7-31-32-13/h1-2,7-8,14,20,30,33H,3-6,9-12H2,(H2,29,34)/t14?,20-,22?,23?,24?/m0/s1. The highest BCUT2D eigenvalue weighted by molar-refractivity contribution is 6.42. The third-order valence-electron chi connectivity index (χ3n) is 8.35. The molecule has 1 aromatic heterocycles. The van der Waals surface area contributed by atoms with E-state index in [0.717, 1.165) is 11.8 Å². The summed E-state index contributed by atoms with van der Waals surface area (Å²) in [5.74, 6) is -2.95. The highest BCUT2D eigenvalue weighted by atomic mass is 35.5. The highest BCUT2D eigenvalue weighted by Crippen LogP contribution is 2.71. The molecular formula is C24H26Cl2F2N4O2.